The molecule has 2 atom stereocenters. The van der Waals surface area contributed by atoms with E-state index in [9.17, 15) is 9.59 Å². The van der Waals surface area contributed by atoms with Gasteiger partial charge in [-0.15, -0.1) is 0 Å². The third kappa shape index (κ3) is 9.07. The molecule has 6 nitrogen and oxygen atoms in total. The monoisotopic (exact) mass is 273 g/mol. The van der Waals surface area contributed by atoms with Crippen LogP contribution >= 0.6 is 0 Å². The molecule has 0 saturated heterocycles. The number of unbranched alkanes of at least 4 members (excludes halogenated alkanes) is 1. The molecule has 19 heavy (non-hydrogen) atoms. The van der Waals surface area contributed by atoms with E-state index in [0.29, 0.717) is 6.54 Å². The van der Waals surface area contributed by atoms with Crippen molar-refractivity contribution in [2.24, 2.45) is 0 Å². The normalized spacial score (nSPS) is 13.3. The van der Waals surface area contributed by atoms with Crippen LogP contribution in [0.2, 0.25) is 0 Å². The van der Waals surface area contributed by atoms with Crippen molar-refractivity contribution in [3.05, 3.63) is 12.2 Å². The summed E-state index contributed by atoms with van der Waals surface area (Å²) in [6.07, 6.45) is -0.312. The molecule has 0 aromatic carbocycles. The molecule has 0 aliphatic rings. The summed E-state index contributed by atoms with van der Waals surface area (Å²) < 4.78 is 15.0. The molecule has 1 N–H and O–H groups in total. The molecule has 2 unspecified atom stereocenters. The number of ether oxygens (including phenoxy) is 3. The fourth-order valence-electron chi connectivity index (χ4n) is 1.14. The van der Waals surface area contributed by atoms with E-state index in [1.807, 2.05) is 6.92 Å². The summed E-state index contributed by atoms with van der Waals surface area (Å²) in [5.74, 6) is -0.549. The molecule has 0 aliphatic carbocycles. The molecule has 0 aromatic heterocycles. The zero-order valence-corrected chi connectivity index (χ0v) is 12.0. The summed E-state index contributed by atoms with van der Waals surface area (Å²) in [6, 6.07) is 0. The molecule has 0 aromatic rings. The van der Waals surface area contributed by atoms with Crippen LogP contribution in [0.1, 0.15) is 40.5 Å². The van der Waals surface area contributed by atoms with Gasteiger partial charge in [0, 0.05) is 12.1 Å². The Bertz CT molecular complexity index is 316. The van der Waals surface area contributed by atoms with E-state index < -0.39 is 24.6 Å². The molecule has 0 fully saturated rings. The SMILES string of the molecule is C=C(C)C(=O)OC(C)OC(C)OC(=O)NCCCC. The fourth-order valence-corrected chi connectivity index (χ4v) is 1.14. The molecule has 6 heteroatoms. The molecule has 0 saturated carbocycles. The van der Waals surface area contributed by atoms with Gasteiger partial charge in [-0.3, -0.25) is 0 Å². The fraction of sp³-hybridized carbons (Fsp3) is 0.692. The first kappa shape index (κ1) is 17.4. The van der Waals surface area contributed by atoms with Crippen molar-refractivity contribution in [3.63, 3.8) is 0 Å². The van der Waals surface area contributed by atoms with E-state index in [4.69, 9.17) is 14.2 Å². The van der Waals surface area contributed by atoms with Gasteiger partial charge in [0.15, 0.2) is 0 Å². The minimum Gasteiger partial charge on any atom is -0.433 e. The summed E-state index contributed by atoms with van der Waals surface area (Å²) in [6.45, 7) is 10.7. The molecular weight excluding hydrogens is 250 g/mol. The minimum atomic E-state index is -0.817. The molecule has 0 heterocycles. The second-order valence-corrected chi connectivity index (χ2v) is 4.14. The summed E-state index contributed by atoms with van der Waals surface area (Å²) >= 11 is 0. The molecule has 0 radical (unpaired) electrons. The van der Waals surface area contributed by atoms with Gasteiger partial charge in [-0.25, -0.2) is 9.59 Å². The first-order chi connectivity index (χ1) is 8.86. The van der Waals surface area contributed by atoms with Crippen LogP contribution in [0.25, 0.3) is 0 Å². The number of rotatable bonds is 8. The third-order valence-corrected chi connectivity index (χ3v) is 2.08. The Kier molecular flexibility index (Phi) is 8.61. The molecule has 0 rings (SSSR count). The molecule has 0 bridgehead atoms. The van der Waals surface area contributed by atoms with Crippen molar-refractivity contribution in [3.8, 4) is 0 Å². The molecule has 0 spiro atoms. The lowest BCUT2D eigenvalue weighted by Gasteiger charge is -2.19. The van der Waals surface area contributed by atoms with Crippen LogP contribution in [-0.2, 0) is 19.0 Å². The van der Waals surface area contributed by atoms with E-state index in [1.165, 1.54) is 13.8 Å². The lowest BCUT2D eigenvalue weighted by Crippen LogP contribution is -2.32. The van der Waals surface area contributed by atoms with Crippen molar-refractivity contribution in [1.82, 2.24) is 5.32 Å². The van der Waals surface area contributed by atoms with Crippen LogP contribution < -0.4 is 5.32 Å². The number of alkyl carbamates (subject to hydrolysis) is 1. The summed E-state index contributed by atoms with van der Waals surface area (Å²) in [5.41, 5.74) is 0.279. The van der Waals surface area contributed by atoms with E-state index >= 15 is 0 Å². The maximum atomic E-state index is 11.3. The first-order valence-corrected chi connectivity index (χ1v) is 6.33. The number of carbonyl (C=O) groups excluding carboxylic acids is 2. The van der Waals surface area contributed by atoms with Gasteiger partial charge >= 0.3 is 12.1 Å². The highest BCUT2D eigenvalue weighted by atomic mass is 16.8. The zero-order valence-electron chi connectivity index (χ0n) is 12.0. The standard InChI is InChI=1S/C13H23NO5/c1-6-7-8-14-13(16)19-11(5)17-10(4)18-12(15)9(2)3/h10-11H,2,6-8H2,1,3-5H3,(H,14,16). The van der Waals surface area contributed by atoms with Crippen molar-refractivity contribution in [2.75, 3.05) is 6.54 Å². The highest BCUT2D eigenvalue weighted by Crippen LogP contribution is 2.04. The van der Waals surface area contributed by atoms with Gasteiger partial charge in [-0.05, 0) is 27.2 Å². The predicted octanol–water partition coefficient (Wildman–Crippen LogP) is 2.34. The van der Waals surface area contributed by atoms with Crippen molar-refractivity contribution >= 4 is 12.1 Å². The van der Waals surface area contributed by atoms with E-state index in [0.717, 1.165) is 12.8 Å². The largest absolute Gasteiger partial charge is 0.433 e. The second-order valence-electron chi connectivity index (χ2n) is 4.14. The Labute approximate surface area is 114 Å². The number of hydrogen-bond donors (Lipinski definition) is 1. The third-order valence-electron chi connectivity index (χ3n) is 2.08. The molecule has 0 aliphatic heterocycles. The van der Waals surface area contributed by atoms with Gasteiger partial charge in [0.1, 0.15) is 0 Å². The Morgan fingerprint density at radius 1 is 1.21 bits per heavy atom. The highest BCUT2D eigenvalue weighted by Gasteiger charge is 2.16. The zero-order chi connectivity index (χ0) is 14.8. The van der Waals surface area contributed by atoms with Crippen molar-refractivity contribution in [1.29, 1.82) is 0 Å². The van der Waals surface area contributed by atoms with E-state index in [2.05, 4.69) is 11.9 Å². The molecule has 110 valence electrons. The lowest BCUT2D eigenvalue weighted by molar-refractivity contribution is -0.211. The van der Waals surface area contributed by atoms with E-state index in [1.54, 1.807) is 6.92 Å². The van der Waals surface area contributed by atoms with Gasteiger partial charge in [0.05, 0.1) is 0 Å². The first-order valence-electron chi connectivity index (χ1n) is 6.33. The van der Waals surface area contributed by atoms with Crippen LogP contribution in [0.15, 0.2) is 12.2 Å². The molecule has 1 amide bonds. The second kappa shape index (κ2) is 9.38. The van der Waals surface area contributed by atoms with Gasteiger partial charge in [-0.1, -0.05) is 19.9 Å². The summed E-state index contributed by atoms with van der Waals surface area (Å²) in [5, 5.41) is 2.58. The van der Waals surface area contributed by atoms with Crippen LogP contribution in [-0.4, -0.2) is 31.2 Å². The summed E-state index contributed by atoms with van der Waals surface area (Å²) in [4.78, 5) is 22.5. The average molecular weight is 273 g/mol. The van der Waals surface area contributed by atoms with Crippen LogP contribution in [0.5, 0.6) is 0 Å². The van der Waals surface area contributed by atoms with Gasteiger partial charge in [0.2, 0.25) is 12.6 Å². The van der Waals surface area contributed by atoms with Gasteiger partial charge in [0.25, 0.3) is 0 Å². The van der Waals surface area contributed by atoms with Crippen LogP contribution in [0.3, 0.4) is 0 Å². The lowest BCUT2D eigenvalue weighted by atomic mass is 10.3. The van der Waals surface area contributed by atoms with Crippen molar-refractivity contribution < 1.29 is 23.8 Å². The summed E-state index contributed by atoms with van der Waals surface area (Å²) in [7, 11) is 0. The minimum absolute atomic E-state index is 0.279. The Hall–Kier alpha value is -1.56. The maximum Gasteiger partial charge on any atom is 0.409 e. The van der Waals surface area contributed by atoms with Gasteiger partial charge < -0.3 is 19.5 Å². The number of hydrogen-bond acceptors (Lipinski definition) is 5. The van der Waals surface area contributed by atoms with Crippen LogP contribution in [0.4, 0.5) is 4.79 Å². The predicted molar refractivity (Wildman–Crippen MR) is 70.3 cm³/mol. The molecular formula is C13H23NO5. The average Bonchev–Trinajstić information content (AvgIpc) is 2.28. The Morgan fingerprint density at radius 3 is 2.32 bits per heavy atom. The number of carbonyl (C=O) groups is 2. The van der Waals surface area contributed by atoms with Crippen LogP contribution in [0, 0.1) is 0 Å². The van der Waals surface area contributed by atoms with E-state index in [-0.39, 0.29) is 5.57 Å². The quantitative estimate of drug-likeness (QED) is 0.318. The smallest absolute Gasteiger partial charge is 0.409 e. The Morgan fingerprint density at radius 2 is 1.79 bits per heavy atom. The maximum absolute atomic E-state index is 11.3. The van der Waals surface area contributed by atoms with Crippen molar-refractivity contribution in [2.45, 2.75) is 53.1 Å². The number of amides is 1. The van der Waals surface area contributed by atoms with Gasteiger partial charge in [-0.2, -0.15) is 0 Å². The highest BCUT2D eigenvalue weighted by molar-refractivity contribution is 5.86. The topological polar surface area (TPSA) is 73.9 Å². The number of nitrogens with one attached hydrogen (secondary N) is 1. The number of esters is 1. The Balaban J connectivity index is 3.89.